The van der Waals surface area contributed by atoms with E-state index in [2.05, 4.69) is 16.3 Å². The smallest absolute Gasteiger partial charge is 0.269 e. The maximum absolute atomic E-state index is 12.1. The van der Waals surface area contributed by atoms with Gasteiger partial charge < -0.3 is 4.90 Å². The van der Waals surface area contributed by atoms with Crippen LogP contribution in [0.2, 0.25) is 0 Å². The van der Waals surface area contributed by atoms with E-state index in [4.69, 9.17) is 17.5 Å². The molecular weight excluding hydrogens is 330 g/mol. The molecule has 1 fully saturated rings. The third-order valence-corrected chi connectivity index (χ3v) is 4.12. The predicted octanol–water partition coefficient (Wildman–Crippen LogP) is 1.14. The Kier molecular flexibility index (Phi) is 6.17. The van der Waals surface area contributed by atoms with Crippen molar-refractivity contribution >= 4 is 28.9 Å². The molecule has 0 aromatic heterocycles. The molecule has 0 spiro atoms. The molecule has 1 amide bonds. The normalized spacial score (nSPS) is 14.7. The fraction of sp³-hybridized carbons (Fsp3) is 0.400. The summed E-state index contributed by atoms with van der Waals surface area (Å²) in [4.78, 5) is 26.3. The van der Waals surface area contributed by atoms with Crippen LogP contribution in [-0.2, 0) is 0 Å². The van der Waals surface area contributed by atoms with E-state index in [1.54, 1.807) is 0 Å². The first-order chi connectivity index (χ1) is 11.5. The molecule has 2 rings (SSSR count). The Morgan fingerprint density at radius 2 is 1.92 bits per heavy atom. The summed E-state index contributed by atoms with van der Waals surface area (Å²) in [6.45, 7) is 3.69. The number of piperazine rings is 1. The van der Waals surface area contributed by atoms with Crippen LogP contribution >= 0.6 is 12.2 Å². The average molecular weight is 347 g/mol. The van der Waals surface area contributed by atoms with Gasteiger partial charge in [-0.2, -0.15) is 5.26 Å². The molecule has 1 aliphatic heterocycles. The fourth-order valence-electron chi connectivity index (χ4n) is 2.37. The van der Waals surface area contributed by atoms with Gasteiger partial charge in [0.1, 0.15) is 0 Å². The number of hydrogen-bond donors (Lipinski definition) is 1. The quantitative estimate of drug-likeness (QED) is 0.495. The van der Waals surface area contributed by atoms with Crippen molar-refractivity contribution in [2.24, 2.45) is 0 Å². The van der Waals surface area contributed by atoms with Gasteiger partial charge in [0.2, 0.25) is 0 Å². The van der Waals surface area contributed by atoms with Crippen molar-refractivity contribution in [3.8, 4) is 6.07 Å². The van der Waals surface area contributed by atoms with Crippen LogP contribution in [0.1, 0.15) is 16.8 Å². The molecule has 9 heteroatoms. The molecule has 1 aromatic rings. The number of nitro groups is 1. The second-order valence-electron chi connectivity index (χ2n) is 5.30. The molecule has 0 unspecified atom stereocenters. The maximum Gasteiger partial charge on any atom is 0.269 e. The first kappa shape index (κ1) is 17.8. The Morgan fingerprint density at radius 1 is 1.29 bits per heavy atom. The zero-order valence-corrected chi connectivity index (χ0v) is 13.8. The van der Waals surface area contributed by atoms with E-state index in [9.17, 15) is 14.9 Å². The Morgan fingerprint density at radius 3 is 2.46 bits per heavy atom. The Labute approximate surface area is 144 Å². The minimum Gasteiger partial charge on any atom is -0.346 e. The van der Waals surface area contributed by atoms with Crippen LogP contribution in [0.4, 0.5) is 5.69 Å². The molecule has 8 nitrogen and oxygen atoms in total. The number of nitriles is 1. The predicted molar refractivity (Wildman–Crippen MR) is 91.4 cm³/mol. The lowest BCUT2D eigenvalue weighted by molar-refractivity contribution is -0.384. The Hall–Kier alpha value is -2.57. The Balaban J connectivity index is 1.85. The van der Waals surface area contributed by atoms with Crippen LogP contribution in [0.5, 0.6) is 0 Å². The number of hydrogen-bond acceptors (Lipinski definition) is 6. The zero-order chi connectivity index (χ0) is 17.5. The highest BCUT2D eigenvalue weighted by atomic mass is 32.1. The van der Waals surface area contributed by atoms with Gasteiger partial charge in [-0.05, 0) is 24.4 Å². The van der Waals surface area contributed by atoms with Crippen LogP contribution in [0, 0.1) is 21.4 Å². The summed E-state index contributed by atoms with van der Waals surface area (Å²) >= 11 is 5.26. The highest BCUT2D eigenvalue weighted by Gasteiger charge is 2.20. The minimum atomic E-state index is -0.516. The molecule has 0 atom stereocenters. The second kappa shape index (κ2) is 8.33. The first-order valence-corrected chi connectivity index (χ1v) is 7.86. The van der Waals surface area contributed by atoms with Crippen molar-refractivity contribution in [1.29, 1.82) is 5.26 Å². The van der Waals surface area contributed by atoms with Crippen LogP contribution in [0.15, 0.2) is 24.3 Å². The summed E-state index contributed by atoms with van der Waals surface area (Å²) in [5, 5.41) is 22.2. The molecule has 24 heavy (non-hydrogen) atoms. The standard InChI is InChI=1S/C15H17N5O3S/c16-6-1-7-18-8-10-19(11-9-18)15(24)17-14(21)12-2-4-13(5-3-12)20(22)23/h2-5H,1,7-11H2,(H,17,21,24). The second-order valence-corrected chi connectivity index (χ2v) is 5.69. The van der Waals surface area contributed by atoms with E-state index >= 15 is 0 Å². The van der Waals surface area contributed by atoms with Crippen molar-refractivity contribution in [3.05, 3.63) is 39.9 Å². The van der Waals surface area contributed by atoms with Gasteiger partial charge >= 0.3 is 0 Å². The molecule has 0 bridgehead atoms. The van der Waals surface area contributed by atoms with Gasteiger partial charge in [-0.3, -0.25) is 25.1 Å². The molecule has 1 heterocycles. The van der Waals surface area contributed by atoms with Gasteiger partial charge in [-0.1, -0.05) is 0 Å². The zero-order valence-electron chi connectivity index (χ0n) is 13.0. The van der Waals surface area contributed by atoms with E-state index in [1.807, 2.05) is 4.90 Å². The lowest BCUT2D eigenvalue weighted by Crippen LogP contribution is -2.52. The van der Waals surface area contributed by atoms with E-state index in [0.29, 0.717) is 30.2 Å². The summed E-state index contributed by atoms with van der Waals surface area (Å²) in [6, 6.07) is 7.49. The molecule has 126 valence electrons. The van der Waals surface area contributed by atoms with E-state index in [-0.39, 0.29) is 11.6 Å². The third kappa shape index (κ3) is 4.71. The molecule has 1 aliphatic rings. The van der Waals surface area contributed by atoms with Crippen LogP contribution in [-0.4, -0.2) is 58.5 Å². The largest absolute Gasteiger partial charge is 0.346 e. The first-order valence-electron chi connectivity index (χ1n) is 7.45. The highest BCUT2D eigenvalue weighted by Crippen LogP contribution is 2.12. The summed E-state index contributed by atoms with van der Waals surface area (Å²) in [5.74, 6) is -0.387. The van der Waals surface area contributed by atoms with Crippen LogP contribution in [0.25, 0.3) is 0 Å². The number of thiocarbonyl (C=S) groups is 1. The van der Waals surface area contributed by atoms with Crippen LogP contribution in [0.3, 0.4) is 0 Å². The molecule has 1 aromatic carbocycles. The van der Waals surface area contributed by atoms with Crippen molar-refractivity contribution in [2.45, 2.75) is 6.42 Å². The van der Waals surface area contributed by atoms with Crippen molar-refractivity contribution in [1.82, 2.24) is 15.1 Å². The summed E-state index contributed by atoms with van der Waals surface area (Å²) in [5.41, 5.74) is 0.248. The van der Waals surface area contributed by atoms with Gasteiger partial charge in [-0.15, -0.1) is 0 Å². The minimum absolute atomic E-state index is 0.0670. The third-order valence-electron chi connectivity index (χ3n) is 3.76. The van der Waals surface area contributed by atoms with E-state index in [1.165, 1.54) is 24.3 Å². The number of carbonyl (C=O) groups is 1. The van der Waals surface area contributed by atoms with E-state index < -0.39 is 4.92 Å². The number of benzene rings is 1. The van der Waals surface area contributed by atoms with Gasteiger partial charge in [-0.25, -0.2) is 0 Å². The lowest BCUT2D eigenvalue weighted by atomic mass is 10.2. The van der Waals surface area contributed by atoms with Crippen LogP contribution < -0.4 is 5.32 Å². The molecule has 1 saturated heterocycles. The topological polar surface area (TPSA) is 103 Å². The highest BCUT2D eigenvalue weighted by molar-refractivity contribution is 7.80. The number of amides is 1. The molecular formula is C15H17N5O3S. The molecule has 0 aliphatic carbocycles. The number of nitrogens with zero attached hydrogens (tertiary/aromatic N) is 4. The SMILES string of the molecule is N#CCCN1CCN(C(=S)NC(=O)c2ccc([N+](=O)[O-])cc2)CC1. The van der Waals surface area contributed by atoms with Gasteiger partial charge in [0.15, 0.2) is 5.11 Å². The van der Waals surface area contributed by atoms with Crippen molar-refractivity contribution in [2.75, 3.05) is 32.7 Å². The number of nitrogens with one attached hydrogen (secondary N) is 1. The van der Waals surface area contributed by atoms with Gasteiger partial charge in [0.05, 0.1) is 11.0 Å². The summed E-state index contributed by atoms with van der Waals surface area (Å²) < 4.78 is 0. The maximum atomic E-state index is 12.1. The monoisotopic (exact) mass is 347 g/mol. The molecule has 0 radical (unpaired) electrons. The summed E-state index contributed by atoms with van der Waals surface area (Å²) in [6.07, 6.45) is 0.501. The number of rotatable bonds is 4. The Bertz CT molecular complexity index is 663. The van der Waals surface area contributed by atoms with Crippen molar-refractivity contribution < 1.29 is 9.72 Å². The van der Waals surface area contributed by atoms with Crippen molar-refractivity contribution in [3.63, 3.8) is 0 Å². The lowest BCUT2D eigenvalue weighted by Gasteiger charge is -2.35. The molecule has 0 saturated carbocycles. The number of carbonyl (C=O) groups excluding carboxylic acids is 1. The van der Waals surface area contributed by atoms with Gasteiger partial charge in [0.25, 0.3) is 11.6 Å². The van der Waals surface area contributed by atoms with E-state index in [0.717, 1.165) is 19.6 Å². The van der Waals surface area contributed by atoms with Gasteiger partial charge in [0, 0.05) is 56.8 Å². The average Bonchev–Trinajstić information content (AvgIpc) is 2.60. The summed E-state index contributed by atoms with van der Waals surface area (Å²) in [7, 11) is 0. The number of nitro benzene ring substituents is 1. The fourth-order valence-corrected chi connectivity index (χ4v) is 2.64. The molecule has 1 N–H and O–H groups in total. The number of non-ortho nitro benzene ring substituents is 1.